The summed E-state index contributed by atoms with van der Waals surface area (Å²) in [6.07, 6.45) is 3.79. The van der Waals surface area contributed by atoms with E-state index in [0.717, 1.165) is 10.1 Å². The SMILES string of the molecule is Brc1cc2c(I)c[nH]c2cn1. The van der Waals surface area contributed by atoms with Gasteiger partial charge in [0.1, 0.15) is 4.60 Å². The van der Waals surface area contributed by atoms with Gasteiger partial charge in [-0.1, -0.05) is 0 Å². The first kappa shape index (κ1) is 7.54. The molecule has 0 saturated heterocycles. The molecule has 0 amide bonds. The highest BCUT2D eigenvalue weighted by Crippen LogP contribution is 2.21. The van der Waals surface area contributed by atoms with Gasteiger partial charge in [0.05, 0.1) is 11.7 Å². The average molecular weight is 323 g/mol. The minimum absolute atomic E-state index is 0.877. The van der Waals surface area contributed by atoms with Crippen molar-refractivity contribution in [2.75, 3.05) is 0 Å². The average Bonchev–Trinajstić information content (AvgIpc) is 2.33. The van der Waals surface area contributed by atoms with E-state index in [1.807, 2.05) is 18.5 Å². The number of hydrogen-bond acceptors (Lipinski definition) is 1. The molecule has 0 spiro atoms. The summed E-state index contributed by atoms with van der Waals surface area (Å²) in [5, 5.41) is 1.22. The molecule has 0 aliphatic carbocycles. The molecular formula is C7H4BrIN2. The van der Waals surface area contributed by atoms with E-state index in [1.165, 1.54) is 8.96 Å². The maximum atomic E-state index is 4.10. The van der Waals surface area contributed by atoms with Crippen LogP contribution in [0.15, 0.2) is 23.1 Å². The van der Waals surface area contributed by atoms with Gasteiger partial charge in [-0.2, -0.15) is 0 Å². The summed E-state index contributed by atoms with van der Waals surface area (Å²) in [5.41, 5.74) is 1.08. The maximum absolute atomic E-state index is 4.10. The number of H-pyrrole nitrogens is 1. The van der Waals surface area contributed by atoms with Gasteiger partial charge in [0.15, 0.2) is 0 Å². The van der Waals surface area contributed by atoms with Crippen LogP contribution in [0, 0.1) is 3.57 Å². The van der Waals surface area contributed by atoms with Gasteiger partial charge in [-0.15, -0.1) is 0 Å². The van der Waals surface area contributed by atoms with Crippen LogP contribution in [0.2, 0.25) is 0 Å². The van der Waals surface area contributed by atoms with Crippen molar-refractivity contribution in [3.63, 3.8) is 0 Å². The number of hydrogen-bond donors (Lipinski definition) is 1. The minimum Gasteiger partial charge on any atom is -0.359 e. The predicted octanol–water partition coefficient (Wildman–Crippen LogP) is 2.93. The molecule has 2 heterocycles. The number of fused-ring (bicyclic) bond motifs is 1. The summed E-state index contributed by atoms with van der Waals surface area (Å²) in [5.74, 6) is 0. The van der Waals surface area contributed by atoms with Crippen LogP contribution < -0.4 is 0 Å². The summed E-state index contributed by atoms with van der Waals surface area (Å²) in [6.45, 7) is 0. The molecule has 0 saturated carbocycles. The molecule has 0 fully saturated rings. The van der Waals surface area contributed by atoms with Crippen LogP contribution in [-0.2, 0) is 0 Å². The molecule has 11 heavy (non-hydrogen) atoms. The molecule has 0 aliphatic rings. The summed E-state index contributed by atoms with van der Waals surface area (Å²) < 4.78 is 2.10. The number of nitrogens with one attached hydrogen (secondary N) is 1. The zero-order chi connectivity index (χ0) is 7.84. The molecule has 0 unspecified atom stereocenters. The van der Waals surface area contributed by atoms with Crippen molar-refractivity contribution in [3.8, 4) is 0 Å². The van der Waals surface area contributed by atoms with Crippen LogP contribution in [-0.4, -0.2) is 9.97 Å². The van der Waals surface area contributed by atoms with E-state index in [0.29, 0.717) is 0 Å². The van der Waals surface area contributed by atoms with Crippen LogP contribution in [0.5, 0.6) is 0 Å². The van der Waals surface area contributed by atoms with Crippen LogP contribution in [0.3, 0.4) is 0 Å². The Morgan fingerprint density at radius 1 is 1.55 bits per heavy atom. The third kappa shape index (κ3) is 1.29. The van der Waals surface area contributed by atoms with Gasteiger partial charge in [-0.25, -0.2) is 4.98 Å². The Kier molecular flexibility index (Phi) is 1.88. The quantitative estimate of drug-likeness (QED) is 0.586. The van der Waals surface area contributed by atoms with Gasteiger partial charge in [0.25, 0.3) is 0 Å². The first-order chi connectivity index (χ1) is 5.27. The molecule has 0 aromatic carbocycles. The molecular weight excluding hydrogens is 319 g/mol. The molecule has 0 bridgehead atoms. The summed E-state index contributed by atoms with van der Waals surface area (Å²) in [7, 11) is 0. The molecule has 0 aliphatic heterocycles. The zero-order valence-corrected chi connectivity index (χ0v) is 9.18. The van der Waals surface area contributed by atoms with Crippen LogP contribution in [0.4, 0.5) is 0 Å². The second-order valence-electron chi connectivity index (χ2n) is 2.19. The lowest BCUT2D eigenvalue weighted by Gasteiger charge is -1.90. The maximum Gasteiger partial charge on any atom is 0.106 e. The highest BCUT2D eigenvalue weighted by atomic mass is 127. The smallest absolute Gasteiger partial charge is 0.106 e. The van der Waals surface area contributed by atoms with E-state index in [1.54, 1.807) is 0 Å². The summed E-state index contributed by atoms with van der Waals surface area (Å²) in [4.78, 5) is 7.23. The van der Waals surface area contributed by atoms with E-state index in [-0.39, 0.29) is 0 Å². The number of nitrogens with zero attached hydrogens (tertiary/aromatic N) is 1. The lowest BCUT2D eigenvalue weighted by Crippen LogP contribution is -1.74. The van der Waals surface area contributed by atoms with Crippen molar-refractivity contribution in [2.45, 2.75) is 0 Å². The molecule has 2 aromatic rings. The minimum atomic E-state index is 0.877. The Labute approximate surface area is 85.7 Å². The van der Waals surface area contributed by atoms with Crippen molar-refractivity contribution in [3.05, 3.63) is 26.6 Å². The lowest BCUT2D eigenvalue weighted by molar-refractivity contribution is 1.29. The van der Waals surface area contributed by atoms with Gasteiger partial charge in [0, 0.05) is 15.2 Å². The van der Waals surface area contributed by atoms with Gasteiger partial charge in [-0.05, 0) is 44.6 Å². The van der Waals surface area contributed by atoms with Crippen molar-refractivity contribution in [1.82, 2.24) is 9.97 Å². The molecule has 1 N–H and O–H groups in total. The third-order valence-corrected chi connectivity index (χ3v) is 2.81. The van der Waals surface area contributed by atoms with Gasteiger partial charge in [-0.3, -0.25) is 0 Å². The standard InChI is InChI=1S/C7H4BrIN2/c8-7-1-4-5(9)2-10-6(4)3-11-7/h1-3,10H. The zero-order valence-electron chi connectivity index (χ0n) is 5.44. The fraction of sp³-hybridized carbons (Fsp3) is 0. The predicted molar refractivity (Wildman–Crippen MR) is 56.5 cm³/mol. The number of halogens is 2. The molecule has 2 rings (SSSR count). The Hall–Kier alpha value is -0.100. The van der Waals surface area contributed by atoms with Crippen molar-refractivity contribution < 1.29 is 0 Å². The van der Waals surface area contributed by atoms with Crippen molar-refractivity contribution in [1.29, 1.82) is 0 Å². The van der Waals surface area contributed by atoms with Crippen LogP contribution in [0.25, 0.3) is 10.9 Å². The summed E-state index contributed by atoms with van der Waals surface area (Å²) >= 11 is 5.61. The Morgan fingerprint density at radius 3 is 3.18 bits per heavy atom. The molecule has 2 nitrogen and oxygen atoms in total. The third-order valence-electron chi connectivity index (χ3n) is 1.48. The molecule has 2 aromatic heterocycles. The largest absolute Gasteiger partial charge is 0.359 e. The lowest BCUT2D eigenvalue weighted by atomic mass is 10.3. The van der Waals surface area contributed by atoms with Crippen molar-refractivity contribution >= 4 is 49.4 Å². The first-order valence-corrected chi connectivity index (χ1v) is 4.92. The number of rotatable bonds is 0. The molecule has 0 atom stereocenters. The van der Waals surface area contributed by atoms with Gasteiger partial charge in [0.2, 0.25) is 0 Å². The van der Waals surface area contributed by atoms with E-state index in [2.05, 4.69) is 48.5 Å². The number of aromatic amines is 1. The highest BCUT2D eigenvalue weighted by Gasteiger charge is 2.00. The Bertz CT molecular complexity index is 396. The Balaban J connectivity index is 2.87. The second kappa shape index (κ2) is 2.75. The van der Waals surface area contributed by atoms with E-state index in [9.17, 15) is 0 Å². The van der Waals surface area contributed by atoms with Crippen LogP contribution in [0.1, 0.15) is 0 Å². The van der Waals surface area contributed by atoms with E-state index < -0.39 is 0 Å². The first-order valence-electron chi connectivity index (χ1n) is 3.05. The number of pyridine rings is 1. The fourth-order valence-corrected chi connectivity index (χ4v) is 1.89. The molecule has 56 valence electrons. The Morgan fingerprint density at radius 2 is 2.36 bits per heavy atom. The van der Waals surface area contributed by atoms with Crippen molar-refractivity contribution in [2.24, 2.45) is 0 Å². The highest BCUT2D eigenvalue weighted by molar-refractivity contribution is 14.1. The van der Waals surface area contributed by atoms with Gasteiger partial charge >= 0.3 is 0 Å². The monoisotopic (exact) mass is 322 g/mol. The van der Waals surface area contributed by atoms with E-state index in [4.69, 9.17) is 0 Å². The van der Waals surface area contributed by atoms with Crippen LogP contribution >= 0.6 is 38.5 Å². The topological polar surface area (TPSA) is 28.7 Å². The fourth-order valence-electron chi connectivity index (χ4n) is 0.961. The molecule has 4 heteroatoms. The normalized spacial score (nSPS) is 10.7. The van der Waals surface area contributed by atoms with Gasteiger partial charge < -0.3 is 4.98 Å². The second-order valence-corrected chi connectivity index (χ2v) is 4.16. The number of aromatic nitrogens is 2. The molecule has 0 radical (unpaired) electrons. The van der Waals surface area contributed by atoms with E-state index >= 15 is 0 Å². The summed E-state index contributed by atoms with van der Waals surface area (Å²) in [6, 6.07) is 2.01.